The van der Waals surface area contributed by atoms with Crippen LogP contribution in [-0.4, -0.2) is 18.1 Å². The predicted octanol–water partition coefficient (Wildman–Crippen LogP) is 1.53. The fraction of sp³-hybridized carbons (Fsp3) is 0.625. The molecule has 2 nitrogen and oxygen atoms in total. The van der Waals surface area contributed by atoms with Gasteiger partial charge >= 0.3 is 0 Å². The molecule has 0 aliphatic carbocycles. The van der Waals surface area contributed by atoms with Gasteiger partial charge < -0.3 is 5.32 Å². The molecule has 0 radical (unpaired) electrons. The third-order valence-electron chi connectivity index (χ3n) is 2.05. The second-order valence-electron chi connectivity index (χ2n) is 3.02. The molecule has 1 atom stereocenters. The van der Waals surface area contributed by atoms with Gasteiger partial charge in [0.25, 0.3) is 0 Å². The third kappa shape index (κ3) is 1.44. The van der Waals surface area contributed by atoms with Gasteiger partial charge in [-0.25, -0.2) is 4.98 Å². The van der Waals surface area contributed by atoms with Gasteiger partial charge in [-0.05, 0) is 19.9 Å². The van der Waals surface area contributed by atoms with E-state index in [-0.39, 0.29) is 0 Å². The van der Waals surface area contributed by atoms with Crippen LogP contribution in [-0.2, 0) is 0 Å². The van der Waals surface area contributed by atoms with Gasteiger partial charge in [0.05, 0.1) is 5.01 Å². The molecular formula is C8H12N2S. The molecule has 0 saturated carbocycles. The van der Waals surface area contributed by atoms with Gasteiger partial charge in [-0.15, -0.1) is 11.3 Å². The van der Waals surface area contributed by atoms with E-state index in [9.17, 15) is 0 Å². The lowest BCUT2D eigenvalue weighted by atomic mass is 10.1. The zero-order chi connectivity index (χ0) is 7.68. The molecule has 2 heterocycles. The Balaban J connectivity index is 2.15. The van der Waals surface area contributed by atoms with Crippen molar-refractivity contribution in [1.29, 1.82) is 0 Å². The van der Waals surface area contributed by atoms with Gasteiger partial charge in [-0.1, -0.05) is 0 Å². The van der Waals surface area contributed by atoms with Gasteiger partial charge in [-0.3, -0.25) is 0 Å². The first kappa shape index (κ1) is 7.25. The van der Waals surface area contributed by atoms with Gasteiger partial charge in [0.2, 0.25) is 0 Å². The molecule has 1 saturated heterocycles. The summed E-state index contributed by atoms with van der Waals surface area (Å²) in [7, 11) is 0. The summed E-state index contributed by atoms with van der Waals surface area (Å²) in [5.41, 5.74) is 1.16. The first-order valence-corrected chi connectivity index (χ1v) is 4.87. The molecule has 1 N–H and O–H groups in total. The zero-order valence-electron chi connectivity index (χ0n) is 6.63. The van der Waals surface area contributed by atoms with Crippen molar-refractivity contribution < 1.29 is 0 Å². The first-order valence-electron chi connectivity index (χ1n) is 3.99. The Morgan fingerprint density at radius 1 is 1.73 bits per heavy atom. The van der Waals surface area contributed by atoms with E-state index in [1.807, 2.05) is 0 Å². The fourth-order valence-corrected chi connectivity index (χ4v) is 2.36. The molecule has 1 aromatic rings. The van der Waals surface area contributed by atoms with E-state index in [1.54, 1.807) is 11.3 Å². The van der Waals surface area contributed by atoms with Crippen LogP contribution in [0, 0.1) is 6.92 Å². The Kier molecular flexibility index (Phi) is 1.92. The van der Waals surface area contributed by atoms with Crippen LogP contribution in [0.2, 0.25) is 0 Å². The predicted molar refractivity (Wildman–Crippen MR) is 47.1 cm³/mol. The van der Waals surface area contributed by atoms with Gasteiger partial charge in [0, 0.05) is 23.5 Å². The fourth-order valence-electron chi connectivity index (χ4n) is 1.43. The lowest BCUT2D eigenvalue weighted by molar-refractivity contribution is 0.753. The number of aryl methyl sites for hydroxylation is 1. The third-order valence-corrected chi connectivity index (χ3v) is 3.17. The van der Waals surface area contributed by atoms with Gasteiger partial charge in [0.1, 0.15) is 0 Å². The summed E-state index contributed by atoms with van der Waals surface area (Å²) in [5, 5.41) is 6.79. The van der Waals surface area contributed by atoms with Crippen LogP contribution in [0.25, 0.3) is 0 Å². The van der Waals surface area contributed by atoms with Crippen molar-refractivity contribution in [3.05, 3.63) is 16.1 Å². The van der Waals surface area contributed by atoms with Crippen molar-refractivity contribution in [2.45, 2.75) is 19.3 Å². The van der Waals surface area contributed by atoms with Crippen molar-refractivity contribution in [3.63, 3.8) is 0 Å². The molecular weight excluding hydrogens is 156 g/mol. The Bertz CT molecular complexity index is 238. The molecule has 0 spiro atoms. The highest BCUT2D eigenvalue weighted by atomic mass is 32.1. The van der Waals surface area contributed by atoms with Crippen LogP contribution in [0.15, 0.2) is 5.38 Å². The Hall–Kier alpha value is -0.410. The molecule has 60 valence electrons. The summed E-state index contributed by atoms with van der Waals surface area (Å²) in [5.74, 6) is 0.689. The summed E-state index contributed by atoms with van der Waals surface area (Å²) < 4.78 is 0. The molecule has 1 fully saturated rings. The number of hydrogen-bond acceptors (Lipinski definition) is 3. The lowest BCUT2D eigenvalue weighted by Crippen LogP contribution is -2.07. The summed E-state index contributed by atoms with van der Waals surface area (Å²) in [4.78, 5) is 4.47. The topological polar surface area (TPSA) is 24.9 Å². The quantitative estimate of drug-likeness (QED) is 0.688. The van der Waals surface area contributed by atoms with E-state index in [0.29, 0.717) is 5.92 Å². The minimum Gasteiger partial charge on any atom is -0.316 e. The lowest BCUT2D eigenvalue weighted by Gasteiger charge is -2.00. The zero-order valence-corrected chi connectivity index (χ0v) is 7.45. The molecule has 0 amide bonds. The van der Waals surface area contributed by atoms with Crippen molar-refractivity contribution in [3.8, 4) is 0 Å². The highest BCUT2D eigenvalue weighted by Gasteiger charge is 2.18. The minimum atomic E-state index is 0.689. The molecule has 11 heavy (non-hydrogen) atoms. The van der Waals surface area contributed by atoms with E-state index < -0.39 is 0 Å². The smallest absolute Gasteiger partial charge is 0.0972 e. The summed E-state index contributed by atoms with van der Waals surface area (Å²) in [6, 6.07) is 0. The van der Waals surface area contributed by atoms with Crippen LogP contribution in [0.3, 0.4) is 0 Å². The van der Waals surface area contributed by atoms with Crippen molar-refractivity contribution in [2.24, 2.45) is 0 Å². The molecule has 2 rings (SSSR count). The Morgan fingerprint density at radius 2 is 2.64 bits per heavy atom. The van der Waals surface area contributed by atoms with Crippen molar-refractivity contribution in [2.75, 3.05) is 13.1 Å². The van der Waals surface area contributed by atoms with Crippen LogP contribution >= 0.6 is 11.3 Å². The van der Waals surface area contributed by atoms with E-state index in [2.05, 4.69) is 22.6 Å². The highest BCUT2D eigenvalue weighted by molar-refractivity contribution is 7.09. The van der Waals surface area contributed by atoms with Crippen LogP contribution < -0.4 is 5.32 Å². The van der Waals surface area contributed by atoms with E-state index >= 15 is 0 Å². The van der Waals surface area contributed by atoms with Crippen LogP contribution in [0.5, 0.6) is 0 Å². The number of nitrogens with zero attached hydrogens (tertiary/aromatic N) is 1. The Morgan fingerprint density at radius 3 is 3.18 bits per heavy atom. The molecule has 0 bridgehead atoms. The first-order chi connectivity index (χ1) is 5.36. The maximum absolute atomic E-state index is 4.47. The minimum absolute atomic E-state index is 0.689. The number of hydrogen-bond donors (Lipinski definition) is 1. The maximum atomic E-state index is 4.47. The second-order valence-corrected chi connectivity index (χ2v) is 3.91. The maximum Gasteiger partial charge on any atom is 0.0972 e. The highest BCUT2D eigenvalue weighted by Crippen LogP contribution is 2.24. The standard InChI is InChI=1S/C8H12N2S/c1-6-5-11-8(10-6)7-2-3-9-4-7/h5,7,9H,2-4H2,1H3/t7-/m0/s1. The molecule has 0 aromatic carbocycles. The van der Waals surface area contributed by atoms with Crippen LogP contribution in [0.1, 0.15) is 23.0 Å². The summed E-state index contributed by atoms with van der Waals surface area (Å²) >= 11 is 1.80. The van der Waals surface area contributed by atoms with Gasteiger partial charge in [-0.2, -0.15) is 0 Å². The molecule has 1 aliphatic rings. The summed E-state index contributed by atoms with van der Waals surface area (Å²) in [6.07, 6.45) is 1.26. The number of aromatic nitrogens is 1. The monoisotopic (exact) mass is 168 g/mol. The van der Waals surface area contributed by atoms with E-state index in [4.69, 9.17) is 0 Å². The van der Waals surface area contributed by atoms with E-state index in [0.717, 1.165) is 18.8 Å². The average molecular weight is 168 g/mol. The SMILES string of the molecule is Cc1csc([C@H]2CCNC2)n1. The van der Waals surface area contributed by atoms with Crippen molar-refractivity contribution in [1.82, 2.24) is 10.3 Å². The number of rotatable bonds is 1. The largest absolute Gasteiger partial charge is 0.316 e. The molecule has 0 unspecified atom stereocenters. The summed E-state index contributed by atoms with van der Waals surface area (Å²) in [6.45, 7) is 4.33. The molecule has 1 aromatic heterocycles. The van der Waals surface area contributed by atoms with E-state index in [1.165, 1.54) is 11.4 Å². The van der Waals surface area contributed by atoms with Crippen molar-refractivity contribution >= 4 is 11.3 Å². The second kappa shape index (κ2) is 2.91. The Labute approximate surface area is 70.7 Å². The number of nitrogens with one attached hydrogen (secondary N) is 1. The average Bonchev–Trinajstić information content (AvgIpc) is 2.55. The van der Waals surface area contributed by atoms with Crippen LogP contribution in [0.4, 0.5) is 0 Å². The number of thiazole rings is 1. The van der Waals surface area contributed by atoms with Gasteiger partial charge in [0.15, 0.2) is 0 Å². The molecule has 3 heteroatoms. The molecule has 1 aliphatic heterocycles. The normalized spacial score (nSPS) is 24.3.